The maximum atomic E-state index is 11.9. The van der Waals surface area contributed by atoms with Gasteiger partial charge < -0.3 is 35.5 Å². The number of H-pyrrole nitrogens is 1. The fourth-order valence-electron chi connectivity index (χ4n) is 2.59. The Kier molecular flexibility index (Phi) is 5.91. The number of pyridine rings is 1. The second kappa shape index (κ2) is 7.75. The summed E-state index contributed by atoms with van der Waals surface area (Å²) in [6.45, 7) is 2.82. The highest BCUT2D eigenvalue weighted by atomic mass is 16.4. The number of aliphatic hydroxyl groups excluding tert-OH is 4. The normalized spacial score (nSPS) is 16.2. The first-order valence-corrected chi connectivity index (χ1v) is 7.80. The number of nitrogens with one attached hydrogen (secondary N) is 2. The van der Waals surface area contributed by atoms with Crippen molar-refractivity contribution in [1.29, 1.82) is 0 Å². The number of aryl methyl sites for hydroxylation is 1. The Labute approximate surface area is 143 Å². The summed E-state index contributed by atoms with van der Waals surface area (Å²) in [6.07, 6.45) is -4.50. The van der Waals surface area contributed by atoms with Gasteiger partial charge in [-0.25, -0.2) is 0 Å². The van der Waals surface area contributed by atoms with Gasteiger partial charge in [0.1, 0.15) is 30.6 Å². The number of carbonyl (C=O) groups excluding carboxylic acids is 1. The number of anilines is 1. The first-order chi connectivity index (χ1) is 11.8. The summed E-state index contributed by atoms with van der Waals surface area (Å²) in [4.78, 5) is 25.9. The Morgan fingerprint density at radius 2 is 1.84 bits per heavy atom. The van der Waals surface area contributed by atoms with E-state index in [1.54, 1.807) is 25.1 Å². The van der Waals surface area contributed by atoms with Crippen LogP contribution in [0.4, 0.5) is 5.69 Å². The van der Waals surface area contributed by atoms with Gasteiger partial charge in [0.25, 0.3) is 5.56 Å². The number of aldehydes is 1. The maximum Gasteiger partial charge on any atom is 0.251 e. The summed E-state index contributed by atoms with van der Waals surface area (Å²) in [5, 5.41) is 41.5. The van der Waals surface area contributed by atoms with Crippen LogP contribution in [0.15, 0.2) is 23.0 Å². The van der Waals surface area contributed by atoms with Crippen LogP contribution in [0.3, 0.4) is 0 Å². The fourth-order valence-corrected chi connectivity index (χ4v) is 2.59. The van der Waals surface area contributed by atoms with E-state index in [0.717, 1.165) is 10.9 Å². The van der Waals surface area contributed by atoms with Gasteiger partial charge in [-0.05, 0) is 31.5 Å². The molecule has 0 fully saturated rings. The van der Waals surface area contributed by atoms with E-state index in [4.69, 9.17) is 5.11 Å². The first-order valence-electron chi connectivity index (χ1n) is 7.80. The van der Waals surface area contributed by atoms with Gasteiger partial charge in [-0.15, -0.1) is 0 Å². The standard InChI is InChI=1S/C17H22N2O6/c1-8-9(2)17(25)19-12-5-10(3-4-11(8)12)18-13(6-20)15(23)16(24)14(22)7-21/h3-6,13-16,18,21-24H,7H2,1-2H3,(H,19,25)/t13-,14+,15+,16+/m1/s1. The SMILES string of the molecule is Cc1c(C)c2ccc(N[C@H](C=O)[C@H](O)[C@@H](O)[C@@H](O)CO)cc2[nH]c1=O. The van der Waals surface area contributed by atoms with E-state index < -0.39 is 31.0 Å². The third kappa shape index (κ3) is 3.88. The number of aliphatic hydroxyl groups is 4. The number of hydrogen-bond acceptors (Lipinski definition) is 7. The minimum atomic E-state index is -1.70. The molecule has 8 nitrogen and oxygen atoms in total. The van der Waals surface area contributed by atoms with Crippen LogP contribution in [-0.4, -0.2) is 62.7 Å². The number of aromatic nitrogens is 1. The highest BCUT2D eigenvalue weighted by Crippen LogP contribution is 2.22. The van der Waals surface area contributed by atoms with Crippen molar-refractivity contribution in [1.82, 2.24) is 4.98 Å². The van der Waals surface area contributed by atoms with Crippen molar-refractivity contribution in [3.63, 3.8) is 0 Å². The van der Waals surface area contributed by atoms with E-state index in [-0.39, 0.29) is 5.56 Å². The van der Waals surface area contributed by atoms with E-state index in [1.165, 1.54) is 0 Å². The van der Waals surface area contributed by atoms with Gasteiger partial charge in [0.05, 0.1) is 12.1 Å². The van der Waals surface area contributed by atoms with Crippen molar-refractivity contribution in [3.8, 4) is 0 Å². The summed E-state index contributed by atoms with van der Waals surface area (Å²) >= 11 is 0. The number of fused-ring (bicyclic) bond motifs is 1. The lowest BCUT2D eigenvalue weighted by Crippen LogP contribution is -2.49. The average Bonchev–Trinajstić information content (AvgIpc) is 2.62. The molecule has 25 heavy (non-hydrogen) atoms. The molecule has 4 atom stereocenters. The molecule has 1 heterocycles. The van der Waals surface area contributed by atoms with Gasteiger partial charge in [0.15, 0.2) is 0 Å². The molecule has 0 aliphatic carbocycles. The number of rotatable bonds is 7. The smallest absolute Gasteiger partial charge is 0.251 e. The van der Waals surface area contributed by atoms with Crippen LogP contribution in [0, 0.1) is 13.8 Å². The second-order valence-electron chi connectivity index (χ2n) is 6.00. The zero-order chi connectivity index (χ0) is 18.7. The van der Waals surface area contributed by atoms with E-state index in [9.17, 15) is 24.9 Å². The predicted molar refractivity (Wildman–Crippen MR) is 92.6 cm³/mol. The lowest BCUT2D eigenvalue weighted by molar-refractivity contribution is -0.117. The number of hydrogen-bond donors (Lipinski definition) is 6. The summed E-state index contributed by atoms with van der Waals surface area (Å²) in [5.41, 5.74) is 2.26. The molecular formula is C17H22N2O6. The first kappa shape index (κ1) is 19.1. The van der Waals surface area contributed by atoms with Gasteiger partial charge in [-0.1, -0.05) is 6.07 Å². The monoisotopic (exact) mass is 350 g/mol. The van der Waals surface area contributed by atoms with Crippen LogP contribution in [0.5, 0.6) is 0 Å². The molecule has 0 spiro atoms. The molecule has 6 N–H and O–H groups in total. The van der Waals surface area contributed by atoms with Crippen LogP contribution in [0.25, 0.3) is 10.9 Å². The Bertz CT molecular complexity index is 819. The van der Waals surface area contributed by atoms with Crippen molar-refractivity contribution in [2.24, 2.45) is 0 Å². The zero-order valence-corrected chi connectivity index (χ0v) is 13.9. The van der Waals surface area contributed by atoms with Crippen molar-refractivity contribution in [2.75, 3.05) is 11.9 Å². The van der Waals surface area contributed by atoms with E-state index in [2.05, 4.69) is 10.3 Å². The lowest BCUT2D eigenvalue weighted by Gasteiger charge is -2.27. The maximum absolute atomic E-state index is 11.9. The minimum Gasteiger partial charge on any atom is -0.394 e. The van der Waals surface area contributed by atoms with Crippen LogP contribution in [-0.2, 0) is 4.79 Å². The molecule has 2 rings (SSSR count). The second-order valence-corrected chi connectivity index (χ2v) is 6.00. The molecule has 0 radical (unpaired) electrons. The molecule has 0 aliphatic heterocycles. The molecule has 0 aliphatic rings. The Balaban J connectivity index is 2.30. The quantitative estimate of drug-likeness (QED) is 0.359. The van der Waals surface area contributed by atoms with E-state index in [0.29, 0.717) is 23.1 Å². The molecule has 0 unspecified atom stereocenters. The molecule has 0 saturated heterocycles. The average molecular weight is 350 g/mol. The molecule has 1 aromatic carbocycles. The molecule has 1 aromatic heterocycles. The number of benzene rings is 1. The number of aromatic amines is 1. The van der Waals surface area contributed by atoms with Crippen molar-refractivity contribution >= 4 is 22.9 Å². The van der Waals surface area contributed by atoms with Crippen LogP contribution in [0.2, 0.25) is 0 Å². The lowest BCUT2D eigenvalue weighted by atomic mass is 10.0. The Hall–Kier alpha value is -2.26. The molecule has 2 aromatic rings. The molecular weight excluding hydrogens is 328 g/mol. The fraction of sp³-hybridized carbons (Fsp3) is 0.412. The van der Waals surface area contributed by atoms with Gasteiger partial charge in [-0.3, -0.25) is 4.79 Å². The third-order valence-electron chi connectivity index (χ3n) is 4.35. The Morgan fingerprint density at radius 3 is 2.44 bits per heavy atom. The van der Waals surface area contributed by atoms with Crippen LogP contribution in [0.1, 0.15) is 11.1 Å². The van der Waals surface area contributed by atoms with Crippen LogP contribution < -0.4 is 10.9 Å². The predicted octanol–water partition coefficient (Wildman–Crippen LogP) is -0.801. The van der Waals surface area contributed by atoms with E-state index in [1.807, 2.05) is 6.92 Å². The summed E-state index contributed by atoms with van der Waals surface area (Å²) in [6, 6.07) is 3.84. The van der Waals surface area contributed by atoms with Gasteiger partial charge in [0.2, 0.25) is 0 Å². The Morgan fingerprint density at radius 1 is 1.16 bits per heavy atom. The topological polar surface area (TPSA) is 143 Å². The number of carbonyl (C=O) groups is 1. The van der Waals surface area contributed by atoms with E-state index >= 15 is 0 Å². The van der Waals surface area contributed by atoms with Crippen molar-refractivity contribution in [3.05, 3.63) is 39.7 Å². The highest BCUT2D eigenvalue weighted by Gasteiger charge is 2.31. The van der Waals surface area contributed by atoms with Gasteiger partial charge >= 0.3 is 0 Å². The molecule has 8 heteroatoms. The van der Waals surface area contributed by atoms with Gasteiger partial charge in [0, 0.05) is 16.6 Å². The zero-order valence-electron chi connectivity index (χ0n) is 13.9. The summed E-state index contributed by atoms with van der Waals surface area (Å²) in [5.74, 6) is 0. The largest absolute Gasteiger partial charge is 0.394 e. The molecule has 0 bridgehead atoms. The molecule has 136 valence electrons. The van der Waals surface area contributed by atoms with Crippen molar-refractivity contribution in [2.45, 2.75) is 38.2 Å². The highest BCUT2D eigenvalue weighted by molar-refractivity contribution is 5.86. The summed E-state index contributed by atoms with van der Waals surface area (Å²) < 4.78 is 0. The summed E-state index contributed by atoms with van der Waals surface area (Å²) in [7, 11) is 0. The van der Waals surface area contributed by atoms with Crippen LogP contribution >= 0.6 is 0 Å². The third-order valence-corrected chi connectivity index (χ3v) is 4.35. The van der Waals surface area contributed by atoms with Gasteiger partial charge in [-0.2, -0.15) is 0 Å². The van der Waals surface area contributed by atoms with Crippen molar-refractivity contribution < 1.29 is 25.2 Å². The minimum absolute atomic E-state index is 0.212. The molecule has 0 saturated carbocycles. The molecule has 0 amide bonds.